The van der Waals surface area contributed by atoms with Crippen LogP contribution in [0.4, 0.5) is 22.0 Å². The number of esters is 1. The zero-order valence-corrected chi connectivity index (χ0v) is 10.2. The Kier molecular flexibility index (Phi) is 5.10. The van der Waals surface area contributed by atoms with Crippen LogP contribution in [0.25, 0.3) is 0 Å². The van der Waals surface area contributed by atoms with E-state index >= 15 is 0 Å². The molecule has 0 aliphatic rings. The lowest BCUT2D eigenvalue weighted by Gasteiger charge is -2.18. The Bertz CT molecular complexity index is 424. The Morgan fingerprint density at radius 3 is 1.95 bits per heavy atom. The van der Waals surface area contributed by atoms with Gasteiger partial charge in [-0.1, -0.05) is 0 Å². The molecule has 0 radical (unpaired) electrons. The number of nitrogens with zero attached hydrogens (tertiary/aromatic N) is 2. The van der Waals surface area contributed by atoms with E-state index < -0.39 is 46.4 Å². The highest BCUT2D eigenvalue weighted by molar-refractivity contribution is 5.69. The average molecular weight is 309 g/mol. The average Bonchev–Trinajstić information content (AvgIpc) is 2.32. The van der Waals surface area contributed by atoms with Gasteiger partial charge in [0.15, 0.2) is 4.76 Å². The number of methoxy groups -OCH3 is 1. The molecule has 0 aromatic carbocycles. The molecule has 0 N–H and O–H groups in total. The molecule has 1 unspecified atom stereocenters. The Hall–Kier alpha value is -1.88. The Labute approximate surface area is 108 Å². The summed E-state index contributed by atoms with van der Waals surface area (Å²) in [6, 6.07) is -5.97. The van der Waals surface area contributed by atoms with Crippen molar-refractivity contribution in [2.75, 3.05) is 7.11 Å². The molecule has 0 saturated heterocycles. The largest absolute Gasteiger partial charge is 0.606 e. The van der Waals surface area contributed by atoms with Crippen molar-refractivity contribution in [2.45, 2.75) is 37.7 Å². The second-order valence-corrected chi connectivity index (χ2v) is 3.88. The number of nitroso groups, excluding NO2 is 1. The van der Waals surface area contributed by atoms with Crippen molar-refractivity contribution in [3.63, 3.8) is 0 Å². The van der Waals surface area contributed by atoms with Crippen LogP contribution in [0.1, 0.15) is 19.8 Å². The standard InChI is InChI=1S/C8H10F5N2O5/c1-6(15(18)19,4-3-5(16)20-2)14(17)8(12,13)7(9,10)11/h3-4H2,1-2H3/q+1. The molecule has 7 nitrogen and oxygen atoms in total. The summed E-state index contributed by atoms with van der Waals surface area (Å²) in [5, 5.41) is 10.6. The number of hydrogen-bond acceptors (Lipinski definition) is 5. The summed E-state index contributed by atoms with van der Waals surface area (Å²) in [6.45, 7) is 0.266. The highest BCUT2D eigenvalue weighted by atomic mass is 19.4. The summed E-state index contributed by atoms with van der Waals surface area (Å²) in [7, 11) is 0.880. The van der Waals surface area contributed by atoms with Gasteiger partial charge in [-0.15, -0.1) is 8.78 Å². The van der Waals surface area contributed by atoms with Gasteiger partial charge in [-0.3, -0.25) is 14.9 Å². The number of halogens is 5. The first kappa shape index (κ1) is 18.1. The molecule has 0 bridgehead atoms. The van der Waals surface area contributed by atoms with Crippen molar-refractivity contribution in [3.8, 4) is 0 Å². The molecule has 1 atom stereocenters. The second-order valence-electron chi connectivity index (χ2n) is 3.88. The second kappa shape index (κ2) is 5.63. The van der Waals surface area contributed by atoms with Gasteiger partial charge in [0.2, 0.25) is 0 Å². The van der Waals surface area contributed by atoms with Crippen molar-refractivity contribution in [3.05, 3.63) is 15.0 Å². The summed E-state index contributed by atoms with van der Waals surface area (Å²) in [6.07, 6.45) is -8.35. The van der Waals surface area contributed by atoms with E-state index in [1.54, 1.807) is 0 Å². The van der Waals surface area contributed by atoms with Crippen LogP contribution in [0, 0.1) is 15.0 Å². The lowest BCUT2D eigenvalue weighted by Crippen LogP contribution is -2.58. The van der Waals surface area contributed by atoms with Crippen molar-refractivity contribution in [1.82, 2.24) is 0 Å². The summed E-state index contributed by atoms with van der Waals surface area (Å²) in [5.41, 5.74) is -3.34. The van der Waals surface area contributed by atoms with Gasteiger partial charge in [-0.2, -0.15) is 13.2 Å². The SMILES string of the molecule is COC(=O)CCC(C)([N+](=O)[O-])[N+](=O)C(F)(F)C(F)(F)F. The van der Waals surface area contributed by atoms with Crippen molar-refractivity contribution in [1.29, 1.82) is 0 Å². The van der Waals surface area contributed by atoms with Crippen LogP contribution in [-0.4, -0.2) is 40.6 Å². The fourth-order valence-corrected chi connectivity index (χ4v) is 1.13. The van der Waals surface area contributed by atoms with E-state index in [0.717, 1.165) is 7.11 Å². The normalized spacial score (nSPS) is 15.3. The highest BCUT2D eigenvalue weighted by Crippen LogP contribution is 2.40. The summed E-state index contributed by atoms with van der Waals surface area (Å²) in [4.78, 5) is 30.9. The Morgan fingerprint density at radius 1 is 1.20 bits per heavy atom. The number of nitro groups is 1. The van der Waals surface area contributed by atoms with Gasteiger partial charge in [-0.05, 0) is 0 Å². The zero-order chi connectivity index (χ0) is 16.4. The van der Waals surface area contributed by atoms with E-state index in [0.29, 0.717) is 0 Å². The van der Waals surface area contributed by atoms with E-state index in [4.69, 9.17) is 0 Å². The molecule has 0 amide bonds. The lowest BCUT2D eigenvalue weighted by atomic mass is 10.1. The molecule has 0 spiro atoms. The maximum absolute atomic E-state index is 12.9. The summed E-state index contributed by atoms with van der Waals surface area (Å²) < 4.78 is 63.9. The molecule has 12 heteroatoms. The molecule has 0 heterocycles. The predicted molar refractivity (Wildman–Crippen MR) is 51.3 cm³/mol. The molecule has 0 aliphatic carbocycles. The third kappa shape index (κ3) is 3.36. The Morgan fingerprint density at radius 2 is 1.65 bits per heavy atom. The molecule has 0 fully saturated rings. The monoisotopic (exact) mass is 309 g/mol. The minimum Gasteiger partial charge on any atom is -0.469 e. The quantitative estimate of drug-likeness (QED) is 0.142. The van der Waals surface area contributed by atoms with Gasteiger partial charge in [-0.25, -0.2) is 0 Å². The minimum absolute atomic E-state index is 0.266. The maximum atomic E-state index is 12.9. The highest BCUT2D eigenvalue weighted by Gasteiger charge is 2.79. The van der Waals surface area contributed by atoms with E-state index in [-0.39, 0.29) is 6.92 Å². The van der Waals surface area contributed by atoms with Crippen LogP contribution < -0.4 is 0 Å². The van der Waals surface area contributed by atoms with Crippen molar-refractivity contribution >= 4 is 5.97 Å². The molecule has 116 valence electrons. The molecule has 0 aliphatic heterocycles. The lowest BCUT2D eigenvalue weighted by molar-refractivity contribution is -0.891. The number of carbonyl (C=O) groups excluding carboxylic acids is 1. The third-order valence-corrected chi connectivity index (χ3v) is 2.46. The first-order valence-corrected chi connectivity index (χ1v) is 4.94. The van der Waals surface area contributed by atoms with Gasteiger partial charge < -0.3 is 4.74 Å². The molecule has 0 rings (SSSR count). The van der Waals surface area contributed by atoms with Crippen LogP contribution in [0.5, 0.6) is 0 Å². The topological polar surface area (TPSA) is 89.5 Å². The molecular weight excluding hydrogens is 299 g/mol. The van der Waals surface area contributed by atoms with Crippen molar-refractivity contribution in [2.24, 2.45) is 0 Å². The number of alkyl halides is 5. The zero-order valence-electron chi connectivity index (χ0n) is 10.2. The summed E-state index contributed by atoms with van der Waals surface area (Å²) >= 11 is 0. The molecule has 0 aromatic heterocycles. The molecule has 20 heavy (non-hydrogen) atoms. The van der Waals surface area contributed by atoms with Crippen LogP contribution in [0.3, 0.4) is 0 Å². The first-order chi connectivity index (χ1) is 8.80. The van der Waals surface area contributed by atoms with E-state index in [9.17, 15) is 41.8 Å². The third-order valence-electron chi connectivity index (χ3n) is 2.46. The van der Waals surface area contributed by atoms with Gasteiger partial charge in [0.05, 0.1) is 31.8 Å². The number of rotatable bonds is 6. The number of carbonyl (C=O) groups is 1. The van der Waals surface area contributed by atoms with E-state index in [2.05, 4.69) is 4.74 Å². The fraction of sp³-hybridized carbons (Fsp3) is 0.875. The van der Waals surface area contributed by atoms with Crippen LogP contribution in [0.15, 0.2) is 0 Å². The van der Waals surface area contributed by atoms with Crippen LogP contribution in [-0.2, 0) is 9.53 Å². The van der Waals surface area contributed by atoms with Gasteiger partial charge in [0.1, 0.15) is 0 Å². The van der Waals surface area contributed by atoms with E-state index in [1.807, 2.05) is 0 Å². The molecule has 0 aromatic rings. The van der Waals surface area contributed by atoms with Crippen molar-refractivity contribution < 1.29 is 41.2 Å². The smallest absolute Gasteiger partial charge is 0.469 e. The molecular formula is C8H10F5N2O5+. The fourth-order valence-electron chi connectivity index (χ4n) is 1.13. The first-order valence-electron chi connectivity index (χ1n) is 4.94. The van der Waals surface area contributed by atoms with Gasteiger partial charge in [0.25, 0.3) is 0 Å². The predicted octanol–water partition coefficient (Wildman–Crippen LogP) is 1.87. The molecule has 0 saturated carbocycles. The minimum atomic E-state index is -6.29. The van der Waals surface area contributed by atoms with Crippen LogP contribution in [0.2, 0.25) is 0 Å². The van der Waals surface area contributed by atoms with Crippen LogP contribution >= 0.6 is 0 Å². The number of hydrogen-bond donors (Lipinski definition) is 0. The van der Waals surface area contributed by atoms with Gasteiger partial charge >= 0.3 is 23.9 Å². The van der Waals surface area contributed by atoms with E-state index in [1.165, 1.54) is 0 Å². The number of ether oxygens (including phenoxy) is 1. The van der Waals surface area contributed by atoms with Gasteiger partial charge in [0, 0.05) is 4.91 Å². The Balaban J connectivity index is 5.43. The summed E-state index contributed by atoms with van der Waals surface area (Å²) in [5.74, 6) is -1.10. The maximum Gasteiger partial charge on any atom is 0.606 e.